The van der Waals surface area contributed by atoms with Gasteiger partial charge in [-0.15, -0.1) is 0 Å². The molecule has 2 aliphatic rings. The summed E-state index contributed by atoms with van der Waals surface area (Å²) < 4.78 is 25.1. The number of hydrogen-bond donors (Lipinski definition) is 1. The molecule has 0 aromatic carbocycles. The number of unbranched alkanes of at least 4 members (excludes halogenated alkanes) is 5. The van der Waals surface area contributed by atoms with E-state index in [0.717, 1.165) is 56.2 Å². The van der Waals surface area contributed by atoms with Gasteiger partial charge in [-0.3, -0.25) is 9.79 Å². The second-order valence-electron chi connectivity index (χ2n) is 6.98. The molecule has 10 heteroatoms. The molecule has 2 rings (SSSR count). The lowest BCUT2D eigenvalue weighted by molar-refractivity contribution is -0.124. The Labute approximate surface area is 160 Å². The average Bonchev–Trinajstić information content (AvgIpc) is 2.95. The highest BCUT2D eigenvalue weighted by atomic mass is 32.2. The first-order chi connectivity index (χ1) is 12.9. The van der Waals surface area contributed by atoms with Crippen LogP contribution in [-0.4, -0.2) is 49.6 Å². The Morgan fingerprint density at radius 1 is 1.22 bits per heavy atom. The lowest BCUT2D eigenvalue weighted by atomic mass is 9.89. The summed E-state index contributed by atoms with van der Waals surface area (Å²) in [5, 5.41) is 7.35. The first-order valence-corrected chi connectivity index (χ1v) is 11.0. The van der Waals surface area contributed by atoms with Gasteiger partial charge in [-0.05, 0) is 31.2 Å². The number of amides is 1. The summed E-state index contributed by atoms with van der Waals surface area (Å²) in [5.74, 6) is 0.620. The number of carbonyl (C=O) groups excluding carboxylic acids is 1. The van der Waals surface area contributed by atoms with Gasteiger partial charge in [0, 0.05) is 36.4 Å². The van der Waals surface area contributed by atoms with Gasteiger partial charge in [0.1, 0.15) is 11.4 Å². The van der Waals surface area contributed by atoms with E-state index in [9.17, 15) is 13.2 Å². The molecule has 150 valence electrons. The van der Waals surface area contributed by atoms with Gasteiger partial charge in [0.15, 0.2) is 0 Å². The molecule has 0 atom stereocenters. The molecule has 1 N–H and O–H groups in total. The van der Waals surface area contributed by atoms with Crippen LogP contribution < -0.4 is 5.32 Å². The minimum absolute atomic E-state index is 0.105. The number of nitrogens with one attached hydrogen (secondary N) is 1. The summed E-state index contributed by atoms with van der Waals surface area (Å²) in [7, 11) is -3.44. The highest BCUT2D eigenvalue weighted by Crippen LogP contribution is 2.31. The first kappa shape index (κ1) is 21.4. The van der Waals surface area contributed by atoms with Crippen LogP contribution in [0.4, 0.5) is 0 Å². The Morgan fingerprint density at radius 2 is 1.85 bits per heavy atom. The molecule has 0 bridgehead atoms. The molecule has 1 spiro atoms. The molecular weight excluding hydrogens is 368 g/mol. The molecule has 2 aliphatic heterocycles. The van der Waals surface area contributed by atoms with Gasteiger partial charge in [0.25, 0.3) is 5.91 Å². The van der Waals surface area contributed by atoms with Crippen LogP contribution in [0.2, 0.25) is 0 Å². The Morgan fingerprint density at radius 3 is 2.48 bits per heavy atom. The van der Waals surface area contributed by atoms with Crippen LogP contribution in [0.15, 0.2) is 22.1 Å². The van der Waals surface area contributed by atoms with E-state index in [1.165, 1.54) is 4.31 Å². The Balaban J connectivity index is 1.72. The van der Waals surface area contributed by atoms with Crippen molar-refractivity contribution in [2.75, 3.05) is 19.6 Å². The molecule has 1 amide bonds. The fourth-order valence-corrected chi connectivity index (χ4v) is 4.39. The maximum absolute atomic E-state index is 12.4. The van der Waals surface area contributed by atoms with Crippen molar-refractivity contribution in [3.05, 3.63) is 22.4 Å². The summed E-state index contributed by atoms with van der Waals surface area (Å²) >= 11 is 0. The van der Waals surface area contributed by atoms with Crippen molar-refractivity contribution in [3.63, 3.8) is 0 Å². The molecule has 0 aliphatic carbocycles. The third-order valence-corrected chi connectivity index (χ3v) is 6.64. The van der Waals surface area contributed by atoms with Crippen molar-refractivity contribution in [3.8, 4) is 0 Å². The SMILES string of the molecule is C=CS(=O)(=O)N1CCC2(CC1)N=C(CCCCCCCCN=[N+]=[N-])NC2=O. The van der Waals surface area contributed by atoms with Crippen molar-refractivity contribution >= 4 is 21.8 Å². The lowest BCUT2D eigenvalue weighted by Gasteiger charge is -2.34. The van der Waals surface area contributed by atoms with Gasteiger partial charge in [-0.25, -0.2) is 8.42 Å². The zero-order valence-corrected chi connectivity index (χ0v) is 16.5. The van der Waals surface area contributed by atoms with Crippen molar-refractivity contribution < 1.29 is 13.2 Å². The molecule has 9 nitrogen and oxygen atoms in total. The van der Waals surface area contributed by atoms with E-state index in [1.807, 2.05) is 0 Å². The summed E-state index contributed by atoms with van der Waals surface area (Å²) in [6.07, 6.45) is 7.77. The Hall–Kier alpha value is -1.90. The van der Waals surface area contributed by atoms with Gasteiger partial charge in [0.05, 0.1) is 0 Å². The van der Waals surface area contributed by atoms with Crippen LogP contribution in [0.1, 0.15) is 57.8 Å². The minimum Gasteiger partial charge on any atom is -0.312 e. The summed E-state index contributed by atoms with van der Waals surface area (Å²) in [4.78, 5) is 19.8. The van der Waals surface area contributed by atoms with Gasteiger partial charge in [-0.1, -0.05) is 37.4 Å². The number of nitrogens with zero attached hydrogens (tertiary/aromatic N) is 5. The normalized spacial score (nSPS) is 19.4. The monoisotopic (exact) mass is 396 g/mol. The number of carbonyl (C=O) groups is 1. The second kappa shape index (κ2) is 9.87. The van der Waals surface area contributed by atoms with Crippen LogP contribution in [-0.2, 0) is 14.8 Å². The molecule has 0 aromatic rings. The largest absolute Gasteiger partial charge is 0.312 e. The quantitative estimate of drug-likeness (QED) is 0.249. The van der Waals surface area contributed by atoms with Gasteiger partial charge in [-0.2, -0.15) is 4.31 Å². The van der Waals surface area contributed by atoms with Gasteiger partial charge >= 0.3 is 0 Å². The van der Waals surface area contributed by atoms with Crippen LogP contribution in [0.5, 0.6) is 0 Å². The molecular formula is C17H28N6O3S. The predicted octanol–water partition coefficient (Wildman–Crippen LogP) is 2.86. The highest BCUT2D eigenvalue weighted by Gasteiger charge is 2.46. The Bertz CT molecular complexity index is 719. The first-order valence-electron chi connectivity index (χ1n) is 9.47. The van der Waals surface area contributed by atoms with Crippen molar-refractivity contribution in [1.82, 2.24) is 9.62 Å². The lowest BCUT2D eigenvalue weighted by Crippen LogP contribution is -2.50. The highest BCUT2D eigenvalue weighted by molar-refractivity contribution is 7.92. The Kier molecular flexibility index (Phi) is 7.82. The molecule has 1 saturated heterocycles. The van der Waals surface area contributed by atoms with Gasteiger partial charge in [0.2, 0.25) is 10.0 Å². The number of amidine groups is 1. The molecule has 0 radical (unpaired) electrons. The zero-order valence-electron chi connectivity index (χ0n) is 15.6. The van der Waals surface area contributed by atoms with Crippen LogP contribution in [0.3, 0.4) is 0 Å². The number of aliphatic imine (C=N–C) groups is 1. The summed E-state index contributed by atoms with van der Waals surface area (Å²) in [6, 6.07) is 0. The van der Waals surface area contributed by atoms with Crippen LogP contribution in [0, 0.1) is 0 Å². The van der Waals surface area contributed by atoms with Crippen molar-refractivity contribution in [1.29, 1.82) is 0 Å². The molecule has 0 aromatic heterocycles. The fraction of sp³-hybridized carbons (Fsp3) is 0.765. The maximum Gasteiger partial charge on any atom is 0.253 e. The third-order valence-electron chi connectivity index (χ3n) is 5.13. The molecule has 2 heterocycles. The molecule has 0 saturated carbocycles. The van der Waals surface area contributed by atoms with E-state index in [4.69, 9.17) is 5.53 Å². The zero-order chi connectivity index (χ0) is 19.8. The summed E-state index contributed by atoms with van der Waals surface area (Å²) in [6.45, 7) is 4.48. The minimum atomic E-state index is -3.44. The van der Waals surface area contributed by atoms with E-state index in [0.29, 0.717) is 19.4 Å². The number of azide groups is 1. The van der Waals surface area contributed by atoms with E-state index in [2.05, 4.69) is 26.9 Å². The topological polar surface area (TPSA) is 128 Å². The van der Waals surface area contributed by atoms with Crippen LogP contribution in [0.25, 0.3) is 10.4 Å². The average molecular weight is 397 g/mol. The fourth-order valence-electron chi connectivity index (χ4n) is 3.48. The standard InChI is InChI=1S/C17H28N6O3S/c1-2-27(25,26)23-13-10-17(11-14-23)16(24)20-15(21-17)9-7-5-3-4-6-8-12-19-22-18/h2H,1,3-14H2,(H,20,21,24). The number of piperidine rings is 1. The molecule has 1 fully saturated rings. The van der Waals surface area contributed by atoms with E-state index in [-0.39, 0.29) is 19.0 Å². The number of rotatable bonds is 11. The molecule has 0 unspecified atom stereocenters. The summed E-state index contributed by atoms with van der Waals surface area (Å²) in [5.41, 5.74) is 7.40. The third kappa shape index (κ3) is 5.79. The van der Waals surface area contributed by atoms with E-state index >= 15 is 0 Å². The number of hydrogen-bond acceptors (Lipinski definition) is 5. The van der Waals surface area contributed by atoms with E-state index in [1.54, 1.807) is 0 Å². The van der Waals surface area contributed by atoms with Gasteiger partial charge < -0.3 is 5.32 Å². The van der Waals surface area contributed by atoms with Crippen molar-refractivity contribution in [2.24, 2.45) is 10.1 Å². The molecule has 27 heavy (non-hydrogen) atoms. The van der Waals surface area contributed by atoms with Crippen molar-refractivity contribution in [2.45, 2.75) is 63.3 Å². The van der Waals surface area contributed by atoms with Crippen LogP contribution >= 0.6 is 0 Å². The predicted molar refractivity (Wildman–Crippen MR) is 105 cm³/mol. The number of sulfonamides is 1. The second-order valence-corrected chi connectivity index (χ2v) is 8.86. The maximum atomic E-state index is 12.4. The smallest absolute Gasteiger partial charge is 0.253 e. The van der Waals surface area contributed by atoms with E-state index < -0.39 is 15.6 Å².